The Bertz CT molecular complexity index is 906. The molecule has 1 fully saturated rings. The minimum absolute atomic E-state index is 0.193. The van der Waals surface area contributed by atoms with Gasteiger partial charge < -0.3 is 9.64 Å². The van der Waals surface area contributed by atoms with Crippen LogP contribution in [0.2, 0.25) is 5.02 Å². The maximum Gasteiger partial charge on any atom is 0.286 e. The summed E-state index contributed by atoms with van der Waals surface area (Å²) in [7, 11) is 0. The van der Waals surface area contributed by atoms with Gasteiger partial charge in [-0.2, -0.15) is 4.99 Å². The summed E-state index contributed by atoms with van der Waals surface area (Å²) >= 11 is 7.85. The molecule has 0 atom stereocenters. The van der Waals surface area contributed by atoms with Crippen LogP contribution >= 0.6 is 23.4 Å². The zero-order chi connectivity index (χ0) is 18.6. The summed E-state index contributed by atoms with van der Waals surface area (Å²) in [4.78, 5) is 19.3. The first-order chi connectivity index (χ1) is 13.2. The number of hydrogen-bond donors (Lipinski definition) is 0. The summed E-state index contributed by atoms with van der Waals surface area (Å²) in [5, 5.41) is 1.35. The molecule has 0 N–H and O–H groups in total. The van der Waals surface area contributed by atoms with Gasteiger partial charge in [0.2, 0.25) is 0 Å². The minimum atomic E-state index is -0.193. The van der Waals surface area contributed by atoms with Gasteiger partial charge in [0, 0.05) is 13.1 Å². The van der Waals surface area contributed by atoms with E-state index in [1.165, 1.54) is 18.2 Å². The van der Waals surface area contributed by atoms with Crippen molar-refractivity contribution in [2.24, 2.45) is 4.99 Å². The Morgan fingerprint density at radius 3 is 2.56 bits per heavy atom. The predicted molar refractivity (Wildman–Crippen MR) is 111 cm³/mol. The molecule has 138 valence electrons. The van der Waals surface area contributed by atoms with Crippen LogP contribution in [-0.2, 0) is 4.79 Å². The molecule has 1 amide bonds. The van der Waals surface area contributed by atoms with Gasteiger partial charge in [-0.25, -0.2) is 0 Å². The Hall–Kier alpha value is -2.24. The number of piperidine rings is 1. The molecular formula is C21H19ClN2O2S. The van der Waals surface area contributed by atoms with Crippen molar-refractivity contribution in [2.45, 2.75) is 19.3 Å². The van der Waals surface area contributed by atoms with Crippen LogP contribution in [0, 0.1) is 0 Å². The standard InChI is InChI=1S/C21H19ClN2O2S/c22-18-14-17(26-16-7-3-1-4-8-16)10-9-15(18)13-19-20(25)23-21(27-19)24-11-5-2-6-12-24/h1,3-4,7-10,13-14H,2,5-6,11-12H2/b19-13+. The Morgan fingerprint density at radius 1 is 1.04 bits per heavy atom. The summed E-state index contributed by atoms with van der Waals surface area (Å²) < 4.78 is 5.80. The third-order valence-electron chi connectivity index (χ3n) is 4.47. The van der Waals surface area contributed by atoms with Crippen molar-refractivity contribution in [3.63, 3.8) is 0 Å². The molecule has 0 aromatic heterocycles. The van der Waals surface area contributed by atoms with E-state index in [0.717, 1.165) is 42.4 Å². The molecule has 0 aliphatic carbocycles. The molecule has 0 unspecified atom stereocenters. The van der Waals surface area contributed by atoms with Crippen LogP contribution in [-0.4, -0.2) is 29.1 Å². The monoisotopic (exact) mass is 398 g/mol. The van der Waals surface area contributed by atoms with E-state index < -0.39 is 0 Å². The van der Waals surface area contributed by atoms with Gasteiger partial charge in [-0.1, -0.05) is 29.8 Å². The van der Waals surface area contributed by atoms with E-state index in [9.17, 15) is 4.79 Å². The summed E-state index contributed by atoms with van der Waals surface area (Å²) in [6.07, 6.45) is 5.36. The fourth-order valence-corrected chi connectivity index (χ4v) is 4.25. The number of carbonyl (C=O) groups is 1. The number of ether oxygens (including phenoxy) is 1. The fourth-order valence-electron chi connectivity index (χ4n) is 3.07. The molecule has 1 saturated heterocycles. The molecule has 2 aromatic rings. The van der Waals surface area contributed by atoms with Gasteiger partial charge >= 0.3 is 0 Å². The largest absolute Gasteiger partial charge is 0.457 e. The predicted octanol–water partition coefficient (Wildman–Crippen LogP) is 5.59. The van der Waals surface area contributed by atoms with Gasteiger partial charge in [0.15, 0.2) is 5.17 Å². The van der Waals surface area contributed by atoms with Crippen LogP contribution in [0.5, 0.6) is 11.5 Å². The number of amidine groups is 1. The second-order valence-electron chi connectivity index (χ2n) is 6.46. The van der Waals surface area contributed by atoms with Gasteiger partial charge in [0.05, 0.1) is 9.93 Å². The number of carbonyl (C=O) groups excluding carboxylic acids is 1. The fraction of sp³-hybridized carbons (Fsp3) is 0.238. The van der Waals surface area contributed by atoms with Crippen LogP contribution in [0.15, 0.2) is 58.4 Å². The highest BCUT2D eigenvalue weighted by molar-refractivity contribution is 8.18. The number of nitrogens with zero attached hydrogens (tertiary/aromatic N) is 2. The number of benzene rings is 2. The zero-order valence-electron chi connectivity index (χ0n) is 14.7. The van der Waals surface area contributed by atoms with Gasteiger partial charge in [-0.05, 0) is 73.0 Å². The second-order valence-corrected chi connectivity index (χ2v) is 7.87. The van der Waals surface area contributed by atoms with Gasteiger partial charge in [-0.3, -0.25) is 4.79 Å². The first-order valence-corrected chi connectivity index (χ1v) is 10.2. The highest BCUT2D eigenvalue weighted by atomic mass is 35.5. The highest BCUT2D eigenvalue weighted by Crippen LogP contribution is 2.34. The van der Waals surface area contributed by atoms with Crippen LogP contribution in [0.4, 0.5) is 0 Å². The quantitative estimate of drug-likeness (QED) is 0.632. The molecule has 0 saturated carbocycles. The summed E-state index contributed by atoms with van der Waals surface area (Å²) in [5.41, 5.74) is 0.781. The molecule has 27 heavy (non-hydrogen) atoms. The average molecular weight is 399 g/mol. The topological polar surface area (TPSA) is 41.9 Å². The van der Waals surface area contributed by atoms with Crippen LogP contribution in [0.3, 0.4) is 0 Å². The summed E-state index contributed by atoms with van der Waals surface area (Å²) in [6, 6.07) is 15.0. The molecule has 0 spiro atoms. The number of rotatable bonds is 3. The van der Waals surface area contributed by atoms with E-state index in [-0.39, 0.29) is 5.91 Å². The van der Waals surface area contributed by atoms with Crippen molar-refractivity contribution in [2.75, 3.05) is 13.1 Å². The molecule has 6 heteroatoms. The lowest BCUT2D eigenvalue weighted by molar-refractivity contribution is -0.113. The number of para-hydroxylation sites is 1. The van der Waals surface area contributed by atoms with Crippen molar-refractivity contribution in [3.05, 3.63) is 64.0 Å². The molecule has 4 nitrogen and oxygen atoms in total. The lowest BCUT2D eigenvalue weighted by Crippen LogP contribution is -2.33. The van der Waals surface area contributed by atoms with E-state index in [1.807, 2.05) is 48.5 Å². The van der Waals surface area contributed by atoms with Gasteiger partial charge in [-0.15, -0.1) is 0 Å². The maximum atomic E-state index is 12.3. The first-order valence-electron chi connectivity index (χ1n) is 8.99. The Morgan fingerprint density at radius 2 is 1.81 bits per heavy atom. The molecular weight excluding hydrogens is 380 g/mol. The van der Waals surface area contributed by atoms with Crippen molar-refractivity contribution in [1.82, 2.24) is 4.90 Å². The van der Waals surface area contributed by atoms with E-state index in [1.54, 1.807) is 6.07 Å². The number of hydrogen-bond acceptors (Lipinski definition) is 4. The lowest BCUT2D eigenvalue weighted by Gasteiger charge is -2.27. The molecule has 0 radical (unpaired) electrons. The van der Waals surface area contributed by atoms with E-state index >= 15 is 0 Å². The second kappa shape index (κ2) is 8.19. The summed E-state index contributed by atoms with van der Waals surface area (Å²) in [6.45, 7) is 1.94. The van der Waals surface area contributed by atoms with Crippen molar-refractivity contribution < 1.29 is 9.53 Å². The Kier molecular flexibility index (Phi) is 5.50. The molecule has 0 bridgehead atoms. The molecule has 2 aliphatic heterocycles. The molecule has 2 aromatic carbocycles. The zero-order valence-corrected chi connectivity index (χ0v) is 16.3. The van der Waals surface area contributed by atoms with Gasteiger partial charge in [0.1, 0.15) is 11.5 Å². The molecule has 2 heterocycles. The Balaban J connectivity index is 1.48. The number of halogens is 1. The maximum absolute atomic E-state index is 12.3. The van der Waals surface area contributed by atoms with Crippen molar-refractivity contribution in [3.8, 4) is 11.5 Å². The smallest absolute Gasteiger partial charge is 0.286 e. The van der Waals surface area contributed by atoms with Crippen molar-refractivity contribution in [1.29, 1.82) is 0 Å². The number of aliphatic imine (C=N–C) groups is 1. The van der Waals surface area contributed by atoms with Crippen LogP contribution < -0.4 is 4.74 Å². The normalized spacial score (nSPS) is 18.7. The van der Waals surface area contributed by atoms with Crippen molar-refractivity contribution >= 4 is 40.5 Å². The highest BCUT2D eigenvalue weighted by Gasteiger charge is 2.27. The van der Waals surface area contributed by atoms with E-state index in [4.69, 9.17) is 16.3 Å². The summed E-state index contributed by atoms with van der Waals surface area (Å²) in [5.74, 6) is 1.21. The number of thioether (sulfide) groups is 1. The number of amides is 1. The van der Waals surface area contributed by atoms with Crippen LogP contribution in [0.1, 0.15) is 24.8 Å². The van der Waals surface area contributed by atoms with Gasteiger partial charge in [0.25, 0.3) is 5.91 Å². The van der Waals surface area contributed by atoms with Crippen LogP contribution in [0.25, 0.3) is 6.08 Å². The van der Waals surface area contributed by atoms with E-state index in [2.05, 4.69) is 9.89 Å². The third kappa shape index (κ3) is 4.37. The minimum Gasteiger partial charge on any atom is -0.457 e. The lowest BCUT2D eigenvalue weighted by atomic mass is 10.1. The third-order valence-corrected chi connectivity index (χ3v) is 5.84. The SMILES string of the molecule is O=C1N=C(N2CCCCC2)S/C1=C/c1ccc(Oc2ccccc2)cc1Cl. The van der Waals surface area contributed by atoms with E-state index in [0.29, 0.717) is 15.7 Å². The average Bonchev–Trinajstić information content (AvgIpc) is 3.06. The first kappa shape index (κ1) is 18.1. The number of likely N-dealkylation sites (tertiary alicyclic amines) is 1. The molecule has 2 aliphatic rings. The molecule has 4 rings (SSSR count). The Labute approximate surface area is 167 Å².